The molecule has 0 unspecified atom stereocenters. The molecule has 0 spiro atoms. The first kappa shape index (κ1) is 10.1. The molecule has 0 aromatic heterocycles. The molecule has 0 rings (SSSR count). The summed E-state index contributed by atoms with van der Waals surface area (Å²) in [7, 11) is 0.517. The summed E-state index contributed by atoms with van der Waals surface area (Å²) in [6.07, 6.45) is -0.515. The van der Waals surface area contributed by atoms with Crippen LogP contribution in [-0.4, -0.2) is 20.1 Å². The van der Waals surface area contributed by atoms with E-state index in [1.165, 1.54) is 6.92 Å². The first-order valence-electron chi connectivity index (χ1n) is 2.57. The van der Waals surface area contributed by atoms with Crippen molar-refractivity contribution in [1.82, 2.24) is 0 Å². The van der Waals surface area contributed by atoms with Gasteiger partial charge < -0.3 is 0 Å². The summed E-state index contributed by atoms with van der Waals surface area (Å²) in [5.74, 6) is -4.47. The third-order valence-electron chi connectivity index (χ3n) is 0.901. The van der Waals surface area contributed by atoms with Gasteiger partial charge in [0, 0.05) is 17.1 Å². The Morgan fingerprint density at radius 2 is 1.90 bits per heavy atom. The SMILES string of the molecule is CCC(F)(F)CS(=O)(=O)Cl. The zero-order valence-electron chi connectivity index (χ0n) is 5.27. The van der Waals surface area contributed by atoms with Gasteiger partial charge in [-0.25, -0.2) is 17.2 Å². The van der Waals surface area contributed by atoms with Gasteiger partial charge >= 0.3 is 0 Å². The maximum atomic E-state index is 12.2. The van der Waals surface area contributed by atoms with Gasteiger partial charge in [-0.05, 0) is 0 Å². The lowest BCUT2D eigenvalue weighted by Gasteiger charge is -2.09. The van der Waals surface area contributed by atoms with E-state index in [9.17, 15) is 17.2 Å². The fourth-order valence-electron chi connectivity index (χ4n) is 0.354. The molecular formula is C4H7ClF2O2S. The van der Waals surface area contributed by atoms with Gasteiger partial charge in [-0.1, -0.05) is 6.92 Å². The molecule has 0 bridgehead atoms. The van der Waals surface area contributed by atoms with Crippen LogP contribution in [0.25, 0.3) is 0 Å². The molecule has 0 aromatic rings. The molecule has 0 fully saturated rings. The average Bonchev–Trinajstić information content (AvgIpc) is 1.60. The second-order valence-electron chi connectivity index (χ2n) is 1.89. The van der Waals surface area contributed by atoms with Gasteiger partial charge in [0.15, 0.2) is 0 Å². The Bertz CT molecular complexity index is 199. The highest BCUT2D eigenvalue weighted by atomic mass is 35.7. The van der Waals surface area contributed by atoms with Crippen LogP contribution in [-0.2, 0) is 9.05 Å². The van der Waals surface area contributed by atoms with Crippen molar-refractivity contribution >= 4 is 19.7 Å². The Kier molecular flexibility index (Phi) is 3.03. The third kappa shape index (κ3) is 4.93. The highest BCUT2D eigenvalue weighted by Gasteiger charge is 2.32. The van der Waals surface area contributed by atoms with Crippen molar-refractivity contribution in [2.45, 2.75) is 19.3 Å². The van der Waals surface area contributed by atoms with Gasteiger partial charge in [0.25, 0.3) is 5.92 Å². The van der Waals surface area contributed by atoms with Crippen molar-refractivity contribution in [1.29, 1.82) is 0 Å². The van der Waals surface area contributed by atoms with Gasteiger partial charge in [0.1, 0.15) is 5.75 Å². The largest absolute Gasteiger partial charge is 0.262 e. The summed E-state index contributed by atoms with van der Waals surface area (Å²) in [5.41, 5.74) is 0. The van der Waals surface area contributed by atoms with Crippen molar-refractivity contribution in [3.63, 3.8) is 0 Å². The summed E-state index contributed by atoms with van der Waals surface area (Å²) < 4.78 is 44.6. The second-order valence-corrected chi connectivity index (χ2v) is 4.67. The van der Waals surface area contributed by atoms with E-state index in [-0.39, 0.29) is 0 Å². The molecule has 0 aliphatic carbocycles. The molecule has 10 heavy (non-hydrogen) atoms. The molecule has 2 nitrogen and oxygen atoms in total. The van der Waals surface area contributed by atoms with Crippen molar-refractivity contribution < 1.29 is 17.2 Å². The van der Waals surface area contributed by atoms with Crippen LogP contribution in [0.2, 0.25) is 0 Å². The number of hydrogen-bond donors (Lipinski definition) is 0. The predicted molar refractivity (Wildman–Crippen MR) is 34.9 cm³/mol. The maximum Gasteiger partial charge on any atom is 0.262 e. The summed E-state index contributed by atoms with van der Waals surface area (Å²) in [4.78, 5) is 0. The first-order chi connectivity index (χ1) is 4.27. The number of alkyl halides is 2. The van der Waals surface area contributed by atoms with Gasteiger partial charge in [-0.15, -0.1) is 0 Å². The Balaban J connectivity index is 4.16. The lowest BCUT2D eigenvalue weighted by atomic mass is 10.3. The van der Waals surface area contributed by atoms with Crippen LogP contribution >= 0.6 is 10.7 Å². The van der Waals surface area contributed by atoms with E-state index in [1.54, 1.807) is 0 Å². The van der Waals surface area contributed by atoms with E-state index >= 15 is 0 Å². The summed E-state index contributed by atoms with van der Waals surface area (Å²) in [5, 5.41) is 0. The van der Waals surface area contributed by atoms with E-state index in [0.29, 0.717) is 0 Å². The molecule has 0 aromatic carbocycles. The molecule has 0 amide bonds. The van der Waals surface area contributed by atoms with Crippen LogP contribution < -0.4 is 0 Å². The minimum atomic E-state index is -4.07. The second kappa shape index (κ2) is 3.00. The molecule has 62 valence electrons. The molecule has 0 aliphatic rings. The fraction of sp³-hybridized carbons (Fsp3) is 1.00. The highest BCUT2D eigenvalue weighted by molar-refractivity contribution is 8.13. The number of halogens is 3. The van der Waals surface area contributed by atoms with Crippen LogP contribution in [0.15, 0.2) is 0 Å². The van der Waals surface area contributed by atoms with Crippen LogP contribution in [0.4, 0.5) is 8.78 Å². The van der Waals surface area contributed by atoms with E-state index in [1.807, 2.05) is 0 Å². The smallest absolute Gasteiger partial charge is 0.212 e. The van der Waals surface area contributed by atoms with Gasteiger partial charge in [0.2, 0.25) is 9.05 Å². The minimum absolute atomic E-state index is 0.515. The highest BCUT2D eigenvalue weighted by Crippen LogP contribution is 2.21. The summed E-state index contributed by atoms with van der Waals surface area (Å²) in [6.45, 7) is 1.20. The van der Waals surface area contributed by atoms with Crippen LogP contribution in [0.3, 0.4) is 0 Å². The van der Waals surface area contributed by atoms with Crippen molar-refractivity contribution in [3.8, 4) is 0 Å². The van der Waals surface area contributed by atoms with Crippen molar-refractivity contribution in [2.75, 3.05) is 5.75 Å². The number of hydrogen-bond acceptors (Lipinski definition) is 2. The van der Waals surface area contributed by atoms with Crippen molar-refractivity contribution in [3.05, 3.63) is 0 Å². The van der Waals surface area contributed by atoms with Gasteiger partial charge in [0.05, 0.1) is 0 Å². The van der Waals surface area contributed by atoms with Crippen LogP contribution in [0.1, 0.15) is 13.3 Å². The Hall–Kier alpha value is 0.1000. The van der Waals surface area contributed by atoms with Gasteiger partial charge in [-0.3, -0.25) is 0 Å². The van der Waals surface area contributed by atoms with Gasteiger partial charge in [-0.2, -0.15) is 0 Å². The quantitative estimate of drug-likeness (QED) is 0.637. The Morgan fingerprint density at radius 1 is 1.50 bits per heavy atom. The molecule has 0 aliphatic heterocycles. The monoisotopic (exact) mass is 192 g/mol. The maximum absolute atomic E-state index is 12.2. The molecule has 0 saturated carbocycles. The first-order valence-corrected chi connectivity index (χ1v) is 5.05. The normalized spacial score (nSPS) is 13.6. The topological polar surface area (TPSA) is 34.1 Å². The standard InChI is InChI=1S/C4H7ClF2O2S/c1-2-4(6,7)3-10(5,8)9/h2-3H2,1H3. The fourth-order valence-corrected chi connectivity index (χ4v) is 1.54. The van der Waals surface area contributed by atoms with Crippen molar-refractivity contribution in [2.24, 2.45) is 0 Å². The van der Waals surface area contributed by atoms with E-state index in [0.717, 1.165) is 0 Å². The van der Waals surface area contributed by atoms with Crippen LogP contribution in [0.5, 0.6) is 0 Å². The van der Waals surface area contributed by atoms with Crippen LogP contribution in [0, 0.1) is 0 Å². The van der Waals surface area contributed by atoms with E-state index in [2.05, 4.69) is 10.7 Å². The lowest BCUT2D eigenvalue weighted by molar-refractivity contribution is 0.0222. The molecule has 0 heterocycles. The zero-order valence-corrected chi connectivity index (χ0v) is 6.85. The van der Waals surface area contributed by atoms with E-state index in [4.69, 9.17) is 0 Å². The van der Waals surface area contributed by atoms with E-state index < -0.39 is 27.1 Å². The molecule has 0 N–H and O–H groups in total. The Labute approximate surface area is 62.6 Å². The third-order valence-corrected chi connectivity index (χ3v) is 2.00. The molecule has 0 atom stereocenters. The number of rotatable bonds is 3. The summed E-state index contributed by atoms with van der Waals surface area (Å²) >= 11 is 0. The average molecular weight is 193 g/mol. The zero-order chi connectivity index (χ0) is 8.41. The molecule has 0 radical (unpaired) electrons. The lowest BCUT2D eigenvalue weighted by Crippen LogP contribution is -2.23. The predicted octanol–water partition coefficient (Wildman–Crippen LogP) is 1.60. The molecular weight excluding hydrogens is 186 g/mol. The molecule has 0 saturated heterocycles. The Morgan fingerprint density at radius 3 is 2.00 bits per heavy atom. The summed E-state index contributed by atoms with van der Waals surface area (Å²) in [6, 6.07) is 0. The minimum Gasteiger partial charge on any atom is -0.212 e. The molecule has 6 heteroatoms.